The molecule has 18 heavy (non-hydrogen) atoms. The first-order valence-corrected chi connectivity index (χ1v) is 7.40. The molecule has 102 valence electrons. The molecular formula is C15H24O3. The summed E-state index contributed by atoms with van der Waals surface area (Å²) in [7, 11) is 0. The van der Waals surface area contributed by atoms with Gasteiger partial charge in [0.25, 0.3) is 0 Å². The van der Waals surface area contributed by atoms with E-state index in [-0.39, 0.29) is 17.2 Å². The Bertz CT molecular complexity index is 314. The topological polar surface area (TPSA) is 43.4 Å². The summed E-state index contributed by atoms with van der Waals surface area (Å²) >= 11 is 0. The lowest BCUT2D eigenvalue weighted by atomic mass is 9.73. The van der Waals surface area contributed by atoms with Crippen LogP contribution in [0.25, 0.3) is 0 Å². The van der Waals surface area contributed by atoms with Crippen molar-refractivity contribution in [2.45, 2.75) is 64.7 Å². The van der Waals surface area contributed by atoms with Gasteiger partial charge in [-0.2, -0.15) is 0 Å². The minimum absolute atomic E-state index is 0.183. The Balaban J connectivity index is 2.05. The van der Waals surface area contributed by atoms with Crippen molar-refractivity contribution in [2.75, 3.05) is 6.61 Å². The molecule has 2 fully saturated rings. The molecule has 0 aromatic rings. The third kappa shape index (κ3) is 2.60. The van der Waals surface area contributed by atoms with Gasteiger partial charge in [-0.25, -0.2) is 0 Å². The van der Waals surface area contributed by atoms with Gasteiger partial charge in [-0.15, -0.1) is 0 Å². The molecule has 2 aliphatic carbocycles. The van der Waals surface area contributed by atoms with E-state index < -0.39 is 5.92 Å². The van der Waals surface area contributed by atoms with Crippen molar-refractivity contribution in [3.05, 3.63) is 0 Å². The van der Waals surface area contributed by atoms with Crippen LogP contribution in [0.1, 0.15) is 64.7 Å². The number of rotatable bonds is 2. The van der Waals surface area contributed by atoms with Crippen molar-refractivity contribution in [2.24, 2.45) is 11.3 Å². The molecule has 0 N–H and O–H groups in total. The second-order valence-electron chi connectivity index (χ2n) is 5.76. The van der Waals surface area contributed by atoms with Crippen LogP contribution >= 0.6 is 0 Å². The molecule has 0 aromatic heterocycles. The molecule has 0 aromatic carbocycles. The highest BCUT2D eigenvalue weighted by molar-refractivity contribution is 6.03. The molecule has 0 amide bonds. The van der Waals surface area contributed by atoms with E-state index in [2.05, 4.69) is 0 Å². The summed E-state index contributed by atoms with van der Waals surface area (Å²) in [4.78, 5) is 24.4. The maximum Gasteiger partial charge on any atom is 0.316 e. The predicted octanol–water partition coefficient (Wildman–Crippen LogP) is 3.26. The van der Waals surface area contributed by atoms with Crippen LogP contribution in [0.5, 0.6) is 0 Å². The van der Waals surface area contributed by atoms with Gasteiger partial charge in [0, 0.05) is 5.41 Å². The number of hydrogen-bond acceptors (Lipinski definition) is 3. The first-order valence-electron chi connectivity index (χ1n) is 7.40. The number of carbonyl (C=O) groups excluding carboxylic acids is 2. The van der Waals surface area contributed by atoms with Crippen LogP contribution < -0.4 is 0 Å². The van der Waals surface area contributed by atoms with Crippen molar-refractivity contribution in [1.29, 1.82) is 0 Å². The molecule has 1 spiro atoms. The van der Waals surface area contributed by atoms with Crippen molar-refractivity contribution >= 4 is 11.8 Å². The van der Waals surface area contributed by atoms with Gasteiger partial charge >= 0.3 is 5.97 Å². The van der Waals surface area contributed by atoms with Crippen LogP contribution in [0.3, 0.4) is 0 Å². The standard InChI is InChI=1S/C15H24O3/c1-2-18-14(17)12-8-11-15(13(12)16)9-6-4-3-5-7-10-15/h12H,2-11H2,1H3. The minimum atomic E-state index is -0.468. The molecule has 0 saturated heterocycles. The van der Waals surface area contributed by atoms with E-state index in [0.717, 1.165) is 32.1 Å². The van der Waals surface area contributed by atoms with Crippen molar-refractivity contribution in [1.82, 2.24) is 0 Å². The van der Waals surface area contributed by atoms with E-state index in [1.807, 2.05) is 0 Å². The normalized spacial score (nSPS) is 27.8. The van der Waals surface area contributed by atoms with Crippen LogP contribution in [0.2, 0.25) is 0 Å². The summed E-state index contributed by atoms with van der Waals surface area (Å²) in [6, 6.07) is 0. The van der Waals surface area contributed by atoms with Crippen molar-refractivity contribution < 1.29 is 14.3 Å². The lowest BCUT2D eigenvalue weighted by Crippen LogP contribution is -2.33. The fraction of sp³-hybridized carbons (Fsp3) is 0.867. The Kier molecular flexibility index (Phi) is 4.41. The molecule has 0 radical (unpaired) electrons. The maximum atomic E-state index is 12.6. The van der Waals surface area contributed by atoms with Crippen LogP contribution in [-0.4, -0.2) is 18.4 Å². The second kappa shape index (κ2) is 5.85. The Hall–Kier alpha value is -0.860. The Morgan fingerprint density at radius 3 is 2.39 bits per heavy atom. The third-order valence-corrected chi connectivity index (χ3v) is 4.63. The highest BCUT2D eigenvalue weighted by atomic mass is 16.5. The zero-order valence-corrected chi connectivity index (χ0v) is 11.4. The van der Waals surface area contributed by atoms with Gasteiger partial charge in [0.05, 0.1) is 6.61 Å². The van der Waals surface area contributed by atoms with Gasteiger partial charge in [0.15, 0.2) is 5.78 Å². The molecule has 3 heteroatoms. The lowest BCUT2D eigenvalue weighted by molar-refractivity contribution is -0.152. The molecule has 2 saturated carbocycles. The molecule has 0 heterocycles. The molecule has 0 bridgehead atoms. The number of hydrogen-bond donors (Lipinski definition) is 0. The molecule has 2 aliphatic rings. The lowest BCUT2D eigenvalue weighted by Gasteiger charge is -2.29. The molecular weight excluding hydrogens is 228 g/mol. The first kappa shape index (κ1) is 13.6. The molecule has 1 unspecified atom stereocenters. The average molecular weight is 252 g/mol. The van der Waals surface area contributed by atoms with Crippen LogP contribution in [0, 0.1) is 11.3 Å². The Morgan fingerprint density at radius 2 is 1.78 bits per heavy atom. The predicted molar refractivity (Wildman–Crippen MR) is 69.1 cm³/mol. The van der Waals surface area contributed by atoms with Crippen LogP contribution in [0.15, 0.2) is 0 Å². The summed E-state index contributed by atoms with van der Waals surface area (Å²) in [5.74, 6) is -0.575. The highest BCUT2D eigenvalue weighted by Gasteiger charge is 2.49. The monoisotopic (exact) mass is 252 g/mol. The summed E-state index contributed by atoms with van der Waals surface area (Å²) in [5.41, 5.74) is -0.183. The molecule has 1 atom stereocenters. The second-order valence-corrected chi connectivity index (χ2v) is 5.76. The third-order valence-electron chi connectivity index (χ3n) is 4.63. The number of esters is 1. The minimum Gasteiger partial charge on any atom is -0.465 e. The van der Waals surface area contributed by atoms with Gasteiger partial charge in [0.2, 0.25) is 0 Å². The molecule has 3 nitrogen and oxygen atoms in total. The van der Waals surface area contributed by atoms with Crippen LogP contribution in [0.4, 0.5) is 0 Å². The SMILES string of the molecule is CCOC(=O)C1CCC2(CCCCCCC2)C1=O. The largest absolute Gasteiger partial charge is 0.465 e. The van der Waals surface area contributed by atoms with Crippen LogP contribution in [-0.2, 0) is 14.3 Å². The number of carbonyl (C=O) groups is 2. The fourth-order valence-electron chi connectivity index (χ4n) is 3.59. The van der Waals surface area contributed by atoms with E-state index in [9.17, 15) is 9.59 Å². The van der Waals surface area contributed by atoms with Gasteiger partial charge in [-0.1, -0.05) is 32.1 Å². The van der Waals surface area contributed by atoms with E-state index in [1.165, 1.54) is 19.3 Å². The summed E-state index contributed by atoms with van der Waals surface area (Å²) in [6.07, 6.45) is 9.63. The van der Waals surface area contributed by atoms with Crippen molar-refractivity contribution in [3.63, 3.8) is 0 Å². The summed E-state index contributed by atoms with van der Waals surface area (Å²) in [5, 5.41) is 0. The highest BCUT2D eigenvalue weighted by Crippen LogP contribution is 2.47. The molecule has 0 aliphatic heterocycles. The van der Waals surface area contributed by atoms with Gasteiger partial charge in [-0.3, -0.25) is 9.59 Å². The van der Waals surface area contributed by atoms with Gasteiger partial charge in [-0.05, 0) is 32.6 Å². The summed E-state index contributed by atoms with van der Waals surface area (Å²) in [6.45, 7) is 2.17. The summed E-state index contributed by atoms with van der Waals surface area (Å²) < 4.78 is 5.03. The Labute approximate surface area is 109 Å². The van der Waals surface area contributed by atoms with E-state index in [0.29, 0.717) is 13.0 Å². The van der Waals surface area contributed by atoms with Crippen molar-refractivity contribution in [3.8, 4) is 0 Å². The Morgan fingerprint density at radius 1 is 1.17 bits per heavy atom. The van der Waals surface area contributed by atoms with E-state index in [1.54, 1.807) is 6.92 Å². The number of ether oxygens (including phenoxy) is 1. The van der Waals surface area contributed by atoms with Gasteiger partial charge < -0.3 is 4.74 Å². The smallest absolute Gasteiger partial charge is 0.316 e. The van der Waals surface area contributed by atoms with Gasteiger partial charge in [0.1, 0.15) is 5.92 Å². The van der Waals surface area contributed by atoms with E-state index in [4.69, 9.17) is 4.74 Å². The molecule has 2 rings (SSSR count). The fourth-order valence-corrected chi connectivity index (χ4v) is 3.59. The van der Waals surface area contributed by atoms with E-state index >= 15 is 0 Å². The zero-order valence-electron chi connectivity index (χ0n) is 11.4. The zero-order chi connectivity index (χ0) is 13.0. The number of Topliss-reactive ketones (excluding diaryl/α,β-unsaturated/α-hetero) is 1. The quantitative estimate of drug-likeness (QED) is 0.559. The first-order chi connectivity index (χ1) is 8.69. The maximum absolute atomic E-state index is 12.6. The average Bonchev–Trinajstić information content (AvgIpc) is 2.63. The number of ketones is 1.